The van der Waals surface area contributed by atoms with Gasteiger partial charge in [-0.2, -0.15) is 0 Å². The van der Waals surface area contributed by atoms with Crippen LogP contribution < -0.4 is 10.6 Å². The molecule has 3 N–H and O–H groups in total. The first-order chi connectivity index (χ1) is 8.13. The minimum atomic E-state index is -0.980. The molecule has 0 saturated heterocycles. The Balaban J connectivity index is 2.63. The Kier molecular flexibility index (Phi) is 5.16. The number of rotatable bonds is 6. The van der Waals surface area contributed by atoms with Crippen LogP contribution in [0, 0.1) is 0 Å². The molecule has 1 atom stereocenters. The topological polar surface area (TPSA) is 78.4 Å². The standard InChI is InChI=1S/C12H16N2O3/c1-13-12(17)10(14-8-11(15)16)7-9-5-3-2-4-6-9/h2-6,10,14H,7-8H2,1H3,(H,13,17)(H,15,16)/t10-/m0/s1. The lowest BCUT2D eigenvalue weighted by molar-refractivity contribution is -0.136. The molecule has 92 valence electrons. The maximum atomic E-state index is 11.6. The van der Waals surface area contributed by atoms with Gasteiger partial charge in [0.15, 0.2) is 0 Å². The van der Waals surface area contributed by atoms with Crippen molar-refractivity contribution in [3.63, 3.8) is 0 Å². The summed E-state index contributed by atoms with van der Waals surface area (Å²) in [7, 11) is 1.53. The number of nitrogens with one attached hydrogen (secondary N) is 2. The van der Waals surface area contributed by atoms with Crippen molar-refractivity contribution in [1.82, 2.24) is 10.6 Å². The molecule has 0 saturated carbocycles. The van der Waals surface area contributed by atoms with Crippen LogP contribution in [0.4, 0.5) is 0 Å². The number of aliphatic carboxylic acids is 1. The highest BCUT2D eigenvalue weighted by atomic mass is 16.4. The van der Waals surface area contributed by atoms with E-state index in [9.17, 15) is 9.59 Å². The molecule has 0 aliphatic rings. The number of hydrogen-bond donors (Lipinski definition) is 3. The Hall–Kier alpha value is -1.88. The fraction of sp³-hybridized carbons (Fsp3) is 0.333. The number of likely N-dealkylation sites (N-methyl/N-ethyl adjacent to an activating group) is 1. The van der Waals surface area contributed by atoms with Gasteiger partial charge in [0.1, 0.15) is 0 Å². The average Bonchev–Trinajstić information content (AvgIpc) is 2.34. The molecule has 1 amide bonds. The summed E-state index contributed by atoms with van der Waals surface area (Å²) in [4.78, 5) is 22.0. The summed E-state index contributed by atoms with van der Waals surface area (Å²) in [6.07, 6.45) is 0.466. The lowest BCUT2D eigenvalue weighted by Crippen LogP contribution is -2.46. The fourth-order valence-corrected chi connectivity index (χ4v) is 1.49. The number of carboxylic acid groups (broad SMARTS) is 1. The number of carbonyl (C=O) groups is 2. The zero-order valence-electron chi connectivity index (χ0n) is 9.64. The average molecular weight is 236 g/mol. The first-order valence-corrected chi connectivity index (χ1v) is 5.34. The Morgan fingerprint density at radius 1 is 1.29 bits per heavy atom. The van der Waals surface area contributed by atoms with E-state index in [1.54, 1.807) is 0 Å². The molecule has 0 aliphatic heterocycles. The molecule has 1 rings (SSSR count). The van der Waals surface area contributed by atoms with E-state index >= 15 is 0 Å². The van der Waals surface area contributed by atoms with Crippen LogP contribution in [0.5, 0.6) is 0 Å². The Morgan fingerprint density at radius 3 is 2.47 bits per heavy atom. The van der Waals surface area contributed by atoms with Gasteiger partial charge in [0.2, 0.25) is 5.91 Å². The van der Waals surface area contributed by atoms with Crippen LogP contribution in [0.15, 0.2) is 30.3 Å². The number of carboxylic acids is 1. The van der Waals surface area contributed by atoms with Crippen LogP contribution in [0.1, 0.15) is 5.56 Å². The molecular weight excluding hydrogens is 220 g/mol. The van der Waals surface area contributed by atoms with Gasteiger partial charge in [-0.15, -0.1) is 0 Å². The van der Waals surface area contributed by atoms with Crippen molar-refractivity contribution in [3.8, 4) is 0 Å². The van der Waals surface area contributed by atoms with Gasteiger partial charge in [0.05, 0.1) is 12.6 Å². The van der Waals surface area contributed by atoms with Crippen molar-refractivity contribution < 1.29 is 14.7 Å². The van der Waals surface area contributed by atoms with Gasteiger partial charge in [0, 0.05) is 7.05 Å². The molecule has 0 fully saturated rings. The summed E-state index contributed by atoms with van der Waals surface area (Å²) in [5, 5.41) is 13.8. The van der Waals surface area contributed by atoms with Crippen molar-refractivity contribution in [2.24, 2.45) is 0 Å². The minimum absolute atomic E-state index is 0.213. The molecule has 0 heterocycles. The van der Waals surface area contributed by atoms with Gasteiger partial charge in [-0.25, -0.2) is 0 Å². The normalized spacial score (nSPS) is 11.8. The van der Waals surface area contributed by atoms with Crippen molar-refractivity contribution in [2.75, 3.05) is 13.6 Å². The van der Waals surface area contributed by atoms with Gasteiger partial charge < -0.3 is 10.4 Å². The van der Waals surface area contributed by atoms with Crippen LogP contribution in [-0.4, -0.2) is 36.6 Å². The summed E-state index contributed by atoms with van der Waals surface area (Å²) in [5.41, 5.74) is 0.985. The number of benzene rings is 1. The van der Waals surface area contributed by atoms with Crippen molar-refractivity contribution in [1.29, 1.82) is 0 Å². The third-order valence-electron chi connectivity index (χ3n) is 2.35. The predicted molar refractivity (Wildman–Crippen MR) is 63.6 cm³/mol. The highest BCUT2D eigenvalue weighted by molar-refractivity contribution is 5.82. The quantitative estimate of drug-likeness (QED) is 0.650. The maximum Gasteiger partial charge on any atom is 0.317 e. The van der Waals surface area contributed by atoms with E-state index in [1.165, 1.54) is 7.05 Å². The molecule has 0 aromatic heterocycles. The van der Waals surface area contributed by atoms with Crippen molar-refractivity contribution in [3.05, 3.63) is 35.9 Å². The second kappa shape index (κ2) is 6.65. The number of amides is 1. The van der Waals surface area contributed by atoms with E-state index in [2.05, 4.69) is 10.6 Å². The van der Waals surface area contributed by atoms with E-state index in [4.69, 9.17) is 5.11 Å². The molecule has 0 unspecified atom stereocenters. The third kappa shape index (κ3) is 4.65. The highest BCUT2D eigenvalue weighted by Gasteiger charge is 2.17. The van der Waals surface area contributed by atoms with Crippen LogP contribution in [0.25, 0.3) is 0 Å². The van der Waals surface area contributed by atoms with E-state index < -0.39 is 12.0 Å². The Morgan fingerprint density at radius 2 is 1.94 bits per heavy atom. The predicted octanol–water partition coefficient (Wildman–Crippen LogP) is 0.0179. The van der Waals surface area contributed by atoms with Gasteiger partial charge in [0.25, 0.3) is 0 Å². The summed E-state index contributed by atoms with van der Waals surface area (Å²) in [6.45, 7) is -0.231. The SMILES string of the molecule is CNC(=O)[C@H](Cc1ccccc1)NCC(=O)O. The second-order valence-corrected chi connectivity index (χ2v) is 3.63. The largest absolute Gasteiger partial charge is 0.480 e. The van der Waals surface area contributed by atoms with Crippen molar-refractivity contribution >= 4 is 11.9 Å². The molecule has 0 aliphatic carbocycles. The molecule has 5 nitrogen and oxygen atoms in total. The van der Waals surface area contributed by atoms with E-state index in [1.807, 2.05) is 30.3 Å². The summed E-state index contributed by atoms with van der Waals surface area (Å²) in [5.74, 6) is -1.19. The van der Waals surface area contributed by atoms with Gasteiger partial charge >= 0.3 is 5.97 Å². The zero-order valence-corrected chi connectivity index (χ0v) is 9.64. The first-order valence-electron chi connectivity index (χ1n) is 5.34. The third-order valence-corrected chi connectivity index (χ3v) is 2.35. The van der Waals surface area contributed by atoms with Crippen LogP contribution >= 0.6 is 0 Å². The van der Waals surface area contributed by atoms with Crippen LogP contribution in [0.3, 0.4) is 0 Å². The van der Waals surface area contributed by atoms with Gasteiger partial charge in [-0.3, -0.25) is 14.9 Å². The van der Waals surface area contributed by atoms with Crippen molar-refractivity contribution in [2.45, 2.75) is 12.5 Å². The Bertz CT molecular complexity index is 379. The highest BCUT2D eigenvalue weighted by Crippen LogP contribution is 2.03. The van der Waals surface area contributed by atoms with Gasteiger partial charge in [-0.1, -0.05) is 30.3 Å². The lowest BCUT2D eigenvalue weighted by Gasteiger charge is -2.16. The van der Waals surface area contributed by atoms with E-state index in [0.29, 0.717) is 6.42 Å². The number of carbonyl (C=O) groups excluding carboxylic acids is 1. The van der Waals surface area contributed by atoms with E-state index in [-0.39, 0.29) is 12.5 Å². The number of hydrogen-bond acceptors (Lipinski definition) is 3. The molecule has 0 radical (unpaired) electrons. The van der Waals surface area contributed by atoms with Crippen LogP contribution in [-0.2, 0) is 16.0 Å². The van der Waals surface area contributed by atoms with E-state index in [0.717, 1.165) is 5.56 Å². The molecule has 1 aromatic rings. The minimum Gasteiger partial charge on any atom is -0.480 e. The maximum absolute atomic E-state index is 11.6. The molecule has 1 aromatic carbocycles. The zero-order chi connectivity index (χ0) is 12.7. The molecular formula is C12H16N2O3. The summed E-state index contributed by atoms with van der Waals surface area (Å²) < 4.78 is 0. The first kappa shape index (κ1) is 13.2. The Labute approximate surface area is 99.8 Å². The van der Waals surface area contributed by atoms with Crippen LogP contribution in [0.2, 0.25) is 0 Å². The van der Waals surface area contributed by atoms with Gasteiger partial charge in [-0.05, 0) is 12.0 Å². The fourth-order valence-electron chi connectivity index (χ4n) is 1.49. The molecule has 5 heteroatoms. The molecule has 0 spiro atoms. The lowest BCUT2D eigenvalue weighted by atomic mass is 10.1. The summed E-state index contributed by atoms with van der Waals surface area (Å²) >= 11 is 0. The second-order valence-electron chi connectivity index (χ2n) is 3.63. The molecule has 0 bridgehead atoms. The smallest absolute Gasteiger partial charge is 0.317 e. The molecule has 17 heavy (non-hydrogen) atoms. The monoisotopic (exact) mass is 236 g/mol. The summed E-state index contributed by atoms with van der Waals surface area (Å²) in [6, 6.07) is 8.93.